The molecule has 0 spiro atoms. The summed E-state index contributed by atoms with van der Waals surface area (Å²) in [6.07, 6.45) is 0.554. The molecule has 0 aromatic heterocycles. The van der Waals surface area contributed by atoms with Crippen LogP contribution in [0.5, 0.6) is 17.2 Å². The molecule has 0 radical (unpaired) electrons. The Morgan fingerprint density at radius 3 is 2.43 bits per heavy atom. The average Bonchev–Trinajstić information content (AvgIpc) is 2.75. The molecule has 0 heterocycles. The molecule has 0 aliphatic heterocycles. The van der Waals surface area contributed by atoms with E-state index in [1.807, 2.05) is 0 Å². The van der Waals surface area contributed by atoms with Crippen LogP contribution >= 0.6 is 11.6 Å². The summed E-state index contributed by atoms with van der Waals surface area (Å²) in [6, 6.07) is 18.4. The van der Waals surface area contributed by atoms with Gasteiger partial charge in [0.05, 0.1) is 18.2 Å². The van der Waals surface area contributed by atoms with Gasteiger partial charge in [-0.3, -0.25) is 4.79 Å². The van der Waals surface area contributed by atoms with E-state index in [0.717, 1.165) is 5.56 Å². The van der Waals surface area contributed by atoms with E-state index in [9.17, 15) is 9.59 Å². The van der Waals surface area contributed by atoms with Crippen molar-refractivity contribution in [3.63, 3.8) is 0 Å². The van der Waals surface area contributed by atoms with Gasteiger partial charge in [-0.15, -0.1) is 0 Å². The molecule has 0 atom stereocenters. The lowest BCUT2D eigenvalue weighted by molar-refractivity contribution is 0.0696. The highest BCUT2D eigenvalue weighted by molar-refractivity contribution is 6.31. The standard InChI is InChI=1S/C23H20ClNO5/c1-29-18-3-2-4-19(14-18)30-21-10-9-17(24)13-20(21)22(26)25-12-11-15-5-7-16(8-6-15)23(27)28/h2-10,13-14H,11-12H2,1H3,(H,25,26)(H,27,28). The van der Waals surface area contributed by atoms with Gasteiger partial charge in [0.25, 0.3) is 5.91 Å². The average molecular weight is 426 g/mol. The zero-order chi connectivity index (χ0) is 21.5. The molecule has 3 aromatic carbocycles. The SMILES string of the molecule is COc1cccc(Oc2ccc(Cl)cc2C(=O)NCCc2ccc(C(=O)O)cc2)c1. The number of rotatable bonds is 8. The summed E-state index contributed by atoms with van der Waals surface area (Å²) >= 11 is 6.08. The minimum atomic E-state index is -0.973. The molecule has 2 N–H and O–H groups in total. The number of carbonyl (C=O) groups is 2. The maximum atomic E-state index is 12.7. The Balaban J connectivity index is 1.67. The number of benzene rings is 3. The smallest absolute Gasteiger partial charge is 0.335 e. The number of carbonyl (C=O) groups excluding carboxylic acids is 1. The van der Waals surface area contributed by atoms with Gasteiger partial charge < -0.3 is 19.9 Å². The van der Waals surface area contributed by atoms with Crippen molar-refractivity contribution in [2.24, 2.45) is 0 Å². The molecule has 3 aromatic rings. The van der Waals surface area contributed by atoms with Crippen molar-refractivity contribution < 1.29 is 24.2 Å². The van der Waals surface area contributed by atoms with Gasteiger partial charge in [0.2, 0.25) is 0 Å². The number of carboxylic acids is 1. The predicted molar refractivity (Wildman–Crippen MR) is 114 cm³/mol. The minimum absolute atomic E-state index is 0.223. The molecule has 0 saturated carbocycles. The molecule has 7 heteroatoms. The van der Waals surface area contributed by atoms with Crippen LogP contribution in [0.25, 0.3) is 0 Å². The van der Waals surface area contributed by atoms with Crippen molar-refractivity contribution in [3.05, 3.63) is 88.4 Å². The van der Waals surface area contributed by atoms with E-state index in [4.69, 9.17) is 26.2 Å². The summed E-state index contributed by atoms with van der Waals surface area (Å²) in [5.74, 6) is 0.249. The van der Waals surface area contributed by atoms with E-state index in [0.29, 0.717) is 40.8 Å². The van der Waals surface area contributed by atoms with Gasteiger partial charge >= 0.3 is 5.97 Å². The Hall–Kier alpha value is -3.51. The first-order valence-corrected chi connectivity index (χ1v) is 9.56. The molecule has 0 fully saturated rings. The Bertz CT molecular complexity index is 1050. The summed E-state index contributed by atoms with van der Waals surface area (Å²) in [5, 5.41) is 12.2. The molecular weight excluding hydrogens is 406 g/mol. The molecule has 0 aliphatic rings. The first kappa shape index (κ1) is 21.2. The number of halogens is 1. The Labute approximate surface area is 179 Å². The lowest BCUT2D eigenvalue weighted by Gasteiger charge is -2.13. The zero-order valence-corrected chi connectivity index (χ0v) is 17.0. The highest BCUT2D eigenvalue weighted by atomic mass is 35.5. The molecular formula is C23H20ClNO5. The third-order valence-electron chi connectivity index (χ3n) is 4.36. The van der Waals surface area contributed by atoms with Crippen molar-refractivity contribution in [2.45, 2.75) is 6.42 Å². The van der Waals surface area contributed by atoms with Crippen molar-refractivity contribution in [1.82, 2.24) is 5.32 Å². The highest BCUT2D eigenvalue weighted by Gasteiger charge is 2.14. The lowest BCUT2D eigenvalue weighted by Crippen LogP contribution is -2.26. The number of amides is 1. The Kier molecular flexibility index (Phi) is 6.93. The fraction of sp³-hybridized carbons (Fsp3) is 0.130. The van der Waals surface area contributed by atoms with Crippen LogP contribution in [-0.4, -0.2) is 30.6 Å². The summed E-state index contributed by atoms with van der Waals surface area (Å²) in [4.78, 5) is 23.6. The fourth-order valence-corrected chi connectivity index (χ4v) is 2.96. The third kappa shape index (κ3) is 5.52. The van der Waals surface area contributed by atoms with Crippen LogP contribution < -0.4 is 14.8 Å². The van der Waals surface area contributed by atoms with E-state index < -0.39 is 5.97 Å². The second-order valence-electron chi connectivity index (χ2n) is 6.43. The third-order valence-corrected chi connectivity index (χ3v) is 4.59. The Morgan fingerprint density at radius 1 is 1.00 bits per heavy atom. The van der Waals surface area contributed by atoms with Crippen molar-refractivity contribution >= 4 is 23.5 Å². The van der Waals surface area contributed by atoms with E-state index in [2.05, 4.69) is 5.32 Å². The lowest BCUT2D eigenvalue weighted by atomic mass is 10.1. The van der Waals surface area contributed by atoms with Crippen molar-refractivity contribution in [1.29, 1.82) is 0 Å². The summed E-state index contributed by atoms with van der Waals surface area (Å²) < 4.78 is 11.1. The fourth-order valence-electron chi connectivity index (χ4n) is 2.79. The molecule has 0 saturated heterocycles. The van der Waals surface area contributed by atoms with Crippen molar-refractivity contribution in [2.75, 3.05) is 13.7 Å². The van der Waals surface area contributed by atoms with E-state index in [-0.39, 0.29) is 11.5 Å². The van der Waals surface area contributed by atoms with Gasteiger partial charge in [-0.2, -0.15) is 0 Å². The van der Waals surface area contributed by atoms with Crippen LogP contribution in [0, 0.1) is 0 Å². The maximum absolute atomic E-state index is 12.7. The van der Waals surface area contributed by atoms with Crippen LogP contribution in [0.2, 0.25) is 5.02 Å². The number of hydrogen-bond acceptors (Lipinski definition) is 4. The zero-order valence-electron chi connectivity index (χ0n) is 16.2. The van der Waals surface area contributed by atoms with Crippen LogP contribution in [0.1, 0.15) is 26.3 Å². The van der Waals surface area contributed by atoms with Gasteiger partial charge in [0, 0.05) is 17.6 Å². The second-order valence-corrected chi connectivity index (χ2v) is 6.87. The highest BCUT2D eigenvalue weighted by Crippen LogP contribution is 2.29. The van der Waals surface area contributed by atoms with Crippen LogP contribution in [0.15, 0.2) is 66.7 Å². The number of carboxylic acid groups (broad SMARTS) is 1. The number of hydrogen-bond donors (Lipinski definition) is 2. The quantitative estimate of drug-likeness (QED) is 0.541. The van der Waals surface area contributed by atoms with Gasteiger partial charge in [0.15, 0.2) is 0 Å². The maximum Gasteiger partial charge on any atom is 0.335 e. The molecule has 1 amide bonds. The topological polar surface area (TPSA) is 84.9 Å². The second kappa shape index (κ2) is 9.80. The van der Waals surface area contributed by atoms with E-state index >= 15 is 0 Å². The van der Waals surface area contributed by atoms with Crippen LogP contribution in [-0.2, 0) is 6.42 Å². The molecule has 0 aliphatic carbocycles. The Morgan fingerprint density at radius 2 is 1.73 bits per heavy atom. The van der Waals surface area contributed by atoms with Crippen LogP contribution in [0.3, 0.4) is 0 Å². The van der Waals surface area contributed by atoms with Gasteiger partial charge in [-0.25, -0.2) is 4.79 Å². The summed E-state index contributed by atoms with van der Waals surface area (Å²) in [6.45, 7) is 0.371. The van der Waals surface area contributed by atoms with Gasteiger partial charge in [-0.1, -0.05) is 29.8 Å². The normalized spacial score (nSPS) is 10.3. The van der Waals surface area contributed by atoms with Gasteiger partial charge in [-0.05, 0) is 54.4 Å². The monoisotopic (exact) mass is 425 g/mol. The molecule has 6 nitrogen and oxygen atoms in total. The number of methoxy groups -OCH3 is 1. The van der Waals surface area contributed by atoms with Gasteiger partial charge in [0.1, 0.15) is 17.2 Å². The molecule has 30 heavy (non-hydrogen) atoms. The first-order chi connectivity index (χ1) is 14.5. The first-order valence-electron chi connectivity index (χ1n) is 9.18. The predicted octanol–water partition coefficient (Wildman–Crippen LogP) is 4.81. The molecule has 154 valence electrons. The molecule has 0 unspecified atom stereocenters. The largest absolute Gasteiger partial charge is 0.497 e. The number of ether oxygens (including phenoxy) is 2. The number of nitrogens with one attached hydrogen (secondary N) is 1. The molecule has 0 bridgehead atoms. The molecule has 3 rings (SSSR count). The van der Waals surface area contributed by atoms with Crippen LogP contribution in [0.4, 0.5) is 0 Å². The van der Waals surface area contributed by atoms with E-state index in [1.165, 1.54) is 12.1 Å². The minimum Gasteiger partial charge on any atom is -0.497 e. The number of aromatic carboxylic acids is 1. The summed E-state index contributed by atoms with van der Waals surface area (Å²) in [5.41, 5.74) is 1.45. The summed E-state index contributed by atoms with van der Waals surface area (Å²) in [7, 11) is 1.56. The van der Waals surface area contributed by atoms with E-state index in [1.54, 1.807) is 61.7 Å². The van der Waals surface area contributed by atoms with Crippen molar-refractivity contribution in [3.8, 4) is 17.2 Å².